The molecule has 0 atom stereocenters. The maximum atomic E-state index is 12.3. The maximum absolute atomic E-state index is 12.3. The fraction of sp³-hybridized carbons (Fsp3) is 0.320. The summed E-state index contributed by atoms with van der Waals surface area (Å²) in [5.74, 6) is 1.14. The molecule has 0 radical (unpaired) electrons. The molecule has 0 fully saturated rings. The number of nitriles is 1. The highest BCUT2D eigenvalue weighted by Crippen LogP contribution is 2.29. The zero-order chi connectivity index (χ0) is 24.9. The quantitative estimate of drug-likeness (QED) is 0.346. The van der Waals surface area contributed by atoms with Gasteiger partial charge in [0, 0.05) is 19.7 Å². The van der Waals surface area contributed by atoms with Crippen molar-refractivity contribution < 1.29 is 33.3 Å². The molecule has 0 N–H and O–H groups in total. The van der Waals surface area contributed by atoms with Crippen molar-refractivity contribution in [3.63, 3.8) is 0 Å². The Bertz CT molecular complexity index is 1060. The van der Waals surface area contributed by atoms with E-state index in [9.17, 15) is 9.59 Å². The summed E-state index contributed by atoms with van der Waals surface area (Å²) in [6.07, 6.45) is 3.36. The summed E-state index contributed by atoms with van der Waals surface area (Å²) >= 11 is 0. The smallest absolute Gasteiger partial charge is 0.331 e. The van der Waals surface area contributed by atoms with Gasteiger partial charge in [0.15, 0.2) is 36.2 Å². The van der Waals surface area contributed by atoms with Gasteiger partial charge in [0.05, 0.1) is 21.3 Å². The van der Waals surface area contributed by atoms with Gasteiger partial charge < -0.3 is 28.6 Å². The highest BCUT2D eigenvalue weighted by Gasteiger charge is 2.12. The van der Waals surface area contributed by atoms with E-state index in [-0.39, 0.29) is 19.1 Å². The van der Waals surface area contributed by atoms with E-state index < -0.39 is 5.97 Å². The number of benzene rings is 2. The Balaban J connectivity index is 1.83. The molecule has 0 aliphatic rings. The number of ether oxygens (including phenoxy) is 5. The molecule has 0 heterocycles. The van der Waals surface area contributed by atoms with Crippen LogP contribution in [0.4, 0.5) is 0 Å². The second-order valence-electron chi connectivity index (χ2n) is 7.05. The third kappa shape index (κ3) is 7.74. The fourth-order valence-corrected chi connectivity index (χ4v) is 2.93. The molecule has 9 heteroatoms. The highest BCUT2D eigenvalue weighted by molar-refractivity contribution is 5.89. The van der Waals surface area contributed by atoms with Crippen LogP contribution in [0, 0.1) is 11.3 Å². The molecule has 0 bridgehead atoms. The Kier molecular flexibility index (Phi) is 10.3. The number of hydrogen-bond acceptors (Lipinski definition) is 8. The molecule has 0 spiro atoms. The number of esters is 1. The topological polar surface area (TPSA) is 107 Å². The summed E-state index contributed by atoms with van der Waals surface area (Å²) in [6.45, 7) is -0.0216. The molecule has 9 nitrogen and oxygen atoms in total. The number of amides is 1. The minimum atomic E-state index is -0.648. The Morgan fingerprint density at radius 3 is 2.32 bits per heavy atom. The van der Waals surface area contributed by atoms with Crippen LogP contribution in [0.5, 0.6) is 23.0 Å². The molecule has 0 unspecified atom stereocenters. The van der Waals surface area contributed by atoms with Gasteiger partial charge in [0.25, 0.3) is 5.91 Å². The Labute approximate surface area is 199 Å². The lowest BCUT2D eigenvalue weighted by atomic mass is 10.1. The van der Waals surface area contributed by atoms with Gasteiger partial charge in [-0.1, -0.05) is 12.1 Å². The first-order valence-corrected chi connectivity index (χ1v) is 10.4. The SMILES string of the molecule is COc1ccc(CCN(C)C(=O)COC(=O)/C=C/c2ccc(OCC#N)c(OC)c2)cc1OC. The van der Waals surface area contributed by atoms with Crippen LogP contribution in [0.15, 0.2) is 42.5 Å². The van der Waals surface area contributed by atoms with Crippen LogP contribution >= 0.6 is 0 Å². The van der Waals surface area contributed by atoms with E-state index in [0.29, 0.717) is 41.5 Å². The molecule has 0 saturated heterocycles. The molecule has 0 saturated carbocycles. The molecule has 180 valence electrons. The van der Waals surface area contributed by atoms with Crippen LogP contribution in [0.2, 0.25) is 0 Å². The van der Waals surface area contributed by atoms with E-state index in [4.69, 9.17) is 28.9 Å². The number of rotatable bonds is 12. The fourth-order valence-electron chi connectivity index (χ4n) is 2.93. The van der Waals surface area contributed by atoms with Crippen molar-refractivity contribution in [2.75, 3.05) is 48.1 Å². The number of likely N-dealkylation sites (N-methyl/N-ethyl adjacent to an activating group) is 1. The molecule has 1 amide bonds. The molecular weight excluding hydrogens is 440 g/mol. The van der Waals surface area contributed by atoms with Crippen molar-refractivity contribution in [2.45, 2.75) is 6.42 Å². The first-order valence-electron chi connectivity index (χ1n) is 10.4. The summed E-state index contributed by atoms with van der Waals surface area (Å²) in [5, 5.41) is 8.62. The molecule has 2 aromatic rings. The lowest BCUT2D eigenvalue weighted by Gasteiger charge is -2.17. The summed E-state index contributed by atoms with van der Waals surface area (Å²) in [4.78, 5) is 25.8. The average molecular weight is 469 g/mol. The maximum Gasteiger partial charge on any atom is 0.331 e. The van der Waals surface area contributed by atoms with Gasteiger partial charge in [-0.3, -0.25) is 4.79 Å². The highest BCUT2D eigenvalue weighted by atomic mass is 16.5. The summed E-state index contributed by atoms with van der Waals surface area (Å²) in [7, 11) is 6.26. The zero-order valence-electron chi connectivity index (χ0n) is 19.7. The Hall–Kier alpha value is -4.19. The Morgan fingerprint density at radius 2 is 1.65 bits per heavy atom. The predicted octanol–water partition coefficient (Wildman–Crippen LogP) is 2.87. The zero-order valence-corrected chi connectivity index (χ0v) is 19.7. The van der Waals surface area contributed by atoms with Gasteiger partial charge in [0.2, 0.25) is 0 Å². The number of methoxy groups -OCH3 is 3. The van der Waals surface area contributed by atoms with Crippen LogP contribution in [0.1, 0.15) is 11.1 Å². The standard InChI is InChI=1S/C25H28N2O7/c1-27(13-11-19-5-8-20(30-2)22(16-19)31-3)24(28)17-34-25(29)10-7-18-6-9-21(33-14-12-26)23(15-18)32-4/h5-10,15-16H,11,13-14,17H2,1-4H3/b10-7+. The minimum absolute atomic E-state index is 0.103. The minimum Gasteiger partial charge on any atom is -0.493 e. The van der Waals surface area contributed by atoms with Gasteiger partial charge in [-0.2, -0.15) is 5.26 Å². The van der Waals surface area contributed by atoms with Gasteiger partial charge in [-0.15, -0.1) is 0 Å². The molecule has 2 rings (SSSR count). The average Bonchev–Trinajstić information content (AvgIpc) is 2.87. The first-order chi connectivity index (χ1) is 16.4. The molecule has 0 aliphatic carbocycles. The normalized spacial score (nSPS) is 10.3. The molecule has 0 aromatic heterocycles. The van der Waals surface area contributed by atoms with Crippen LogP contribution < -0.4 is 18.9 Å². The molecule has 34 heavy (non-hydrogen) atoms. The van der Waals surface area contributed by atoms with Gasteiger partial charge in [0.1, 0.15) is 6.07 Å². The van der Waals surface area contributed by atoms with E-state index in [0.717, 1.165) is 5.56 Å². The largest absolute Gasteiger partial charge is 0.493 e. The van der Waals surface area contributed by atoms with Crippen LogP contribution in [0.3, 0.4) is 0 Å². The van der Waals surface area contributed by atoms with E-state index >= 15 is 0 Å². The monoisotopic (exact) mass is 468 g/mol. The molecular formula is C25H28N2O7. The second kappa shape index (κ2) is 13.4. The number of nitrogens with zero attached hydrogens (tertiary/aromatic N) is 2. The van der Waals surface area contributed by atoms with E-state index in [1.807, 2.05) is 24.3 Å². The molecule has 2 aromatic carbocycles. The van der Waals surface area contributed by atoms with Crippen molar-refractivity contribution in [1.82, 2.24) is 4.90 Å². The van der Waals surface area contributed by atoms with E-state index in [1.54, 1.807) is 39.5 Å². The van der Waals surface area contributed by atoms with E-state index in [2.05, 4.69) is 0 Å². The lowest BCUT2D eigenvalue weighted by molar-refractivity contribution is -0.147. The van der Waals surface area contributed by atoms with Gasteiger partial charge in [-0.05, 0) is 47.9 Å². The number of hydrogen-bond donors (Lipinski definition) is 0. The third-order valence-corrected chi connectivity index (χ3v) is 4.84. The molecule has 0 aliphatic heterocycles. The summed E-state index contributed by atoms with van der Waals surface area (Å²) < 4.78 is 26.1. The third-order valence-electron chi connectivity index (χ3n) is 4.84. The Morgan fingerprint density at radius 1 is 0.971 bits per heavy atom. The van der Waals surface area contributed by atoms with Gasteiger partial charge in [-0.25, -0.2) is 4.79 Å². The van der Waals surface area contributed by atoms with Gasteiger partial charge >= 0.3 is 5.97 Å². The lowest BCUT2D eigenvalue weighted by Crippen LogP contribution is -2.32. The van der Waals surface area contributed by atoms with Crippen LogP contribution in [-0.4, -0.2) is 64.9 Å². The van der Waals surface area contributed by atoms with E-state index in [1.165, 1.54) is 24.2 Å². The van der Waals surface area contributed by atoms with Crippen molar-refractivity contribution in [3.8, 4) is 29.1 Å². The first kappa shape index (κ1) is 26.1. The van der Waals surface area contributed by atoms with Crippen LogP contribution in [-0.2, 0) is 20.7 Å². The number of carbonyl (C=O) groups excluding carboxylic acids is 2. The van der Waals surface area contributed by atoms with Crippen molar-refractivity contribution in [1.29, 1.82) is 5.26 Å². The predicted molar refractivity (Wildman–Crippen MR) is 125 cm³/mol. The van der Waals surface area contributed by atoms with Crippen molar-refractivity contribution in [2.24, 2.45) is 0 Å². The summed E-state index contributed by atoms with van der Waals surface area (Å²) in [6, 6.07) is 12.5. The second-order valence-corrected chi connectivity index (χ2v) is 7.05. The van der Waals surface area contributed by atoms with Crippen molar-refractivity contribution >= 4 is 18.0 Å². The van der Waals surface area contributed by atoms with Crippen molar-refractivity contribution in [3.05, 3.63) is 53.6 Å². The number of carbonyl (C=O) groups is 2. The summed E-state index contributed by atoms with van der Waals surface area (Å²) in [5.41, 5.74) is 1.65. The van der Waals surface area contributed by atoms with Crippen LogP contribution in [0.25, 0.3) is 6.08 Å².